The molecule has 9 nitrogen and oxygen atoms in total. The zero-order chi connectivity index (χ0) is 22.9. The van der Waals surface area contributed by atoms with Crippen LogP contribution in [0.1, 0.15) is 20.3 Å². The summed E-state index contributed by atoms with van der Waals surface area (Å²) in [5, 5.41) is 14.8. The van der Waals surface area contributed by atoms with Crippen LogP contribution >= 0.6 is 0 Å². The summed E-state index contributed by atoms with van der Waals surface area (Å²) in [4.78, 5) is 18.8. The number of amides is 1. The summed E-state index contributed by atoms with van der Waals surface area (Å²) >= 11 is 0. The van der Waals surface area contributed by atoms with Crippen LogP contribution in [0, 0.1) is 5.82 Å². The van der Waals surface area contributed by atoms with Gasteiger partial charge in [-0.25, -0.2) is 9.37 Å². The molecule has 1 atom stereocenters. The molecule has 1 saturated heterocycles. The minimum Gasteiger partial charge on any atom is -0.377 e. The monoisotopic (exact) mass is 449 g/mol. The number of pyridine rings is 1. The Morgan fingerprint density at radius 1 is 1.30 bits per heavy atom. The van der Waals surface area contributed by atoms with Gasteiger partial charge in [0.15, 0.2) is 11.5 Å². The first-order valence-corrected chi connectivity index (χ1v) is 10.9. The molecule has 4 aromatic rings. The van der Waals surface area contributed by atoms with Gasteiger partial charge in [-0.15, -0.1) is 0 Å². The second-order valence-corrected chi connectivity index (χ2v) is 7.98. The van der Waals surface area contributed by atoms with E-state index in [9.17, 15) is 4.79 Å². The second kappa shape index (κ2) is 8.62. The van der Waals surface area contributed by atoms with Gasteiger partial charge in [0.25, 0.3) is 0 Å². The Bertz CT molecular complexity index is 1300. The molecule has 1 amide bonds. The first kappa shape index (κ1) is 21.1. The maximum Gasteiger partial charge on any atom is 0.224 e. The minimum atomic E-state index is -0.438. The van der Waals surface area contributed by atoms with Gasteiger partial charge >= 0.3 is 0 Å². The lowest BCUT2D eigenvalue weighted by atomic mass is 10.0. The van der Waals surface area contributed by atoms with Gasteiger partial charge in [0.1, 0.15) is 11.6 Å². The number of nitrogens with zero attached hydrogens (tertiary/aromatic N) is 5. The normalized spacial score (nSPS) is 16.3. The summed E-state index contributed by atoms with van der Waals surface area (Å²) in [5.41, 5.74) is 2.09. The molecule has 1 aliphatic heterocycles. The van der Waals surface area contributed by atoms with Crippen molar-refractivity contribution in [2.24, 2.45) is 0 Å². The highest BCUT2D eigenvalue weighted by atomic mass is 19.1. The van der Waals surface area contributed by atoms with Crippen molar-refractivity contribution in [1.29, 1.82) is 0 Å². The maximum atomic E-state index is 15.3. The van der Waals surface area contributed by atoms with E-state index in [4.69, 9.17) is 9.72 Å². The Hall–Kier alpha value is -3.79. The fourth-order valence-corrected chi connectivity index (χ4v) is 4.03. The largest absolute Gasteiger partial charge is 0.377 e. The van der Waals surface area contributed by atoms with E-state index in [1.165, 1.54) is 6.07 Å². The first-order chi connectivity index (χ1) is 16.0. The number of halogens is 1. The van der Waals surface area contributed by atoms with Crippen LogP contribution in [0.2, 0.25) is 0 Å². The molecule has 3 aromatic heterocycles. The standard InChI is InChI=1S/C23H24FN7O2/c1-3-22(32)27-15-4-5-16(19(24)10-15)17-11-21(30-8-9-33-13-14(30)2)28-23-18(17)12-26-31(23)20-6-7-25-29-20/h4-7,10-12,14H,3,8-9,13H2,1-2H3,(H,25,29)(H,27,32)/t14-/m1/s1. The molecule has 33 heavy (non-hydrogen) atoms. The van der Waals surface area contributed by atoms with Crippen molar-refractivity contribution in [3.8, 4) is 16.9 Å². The van der Waals surface area contributed by atoms with Crippen LogP contribution in [0.5, 0.6) is 0 Å². The number of H-pyrrole nitrogens is 1. The van der Waals surface area contributed by atoms with Crippen LogP contribution in [0.4, 0.5) is 15.9 Å². The molecule has 10 heteroatoms. The van der Waals surface area contributed by atoms with E-state index < -0.39 is 5.82 Å². The summed E-state index contributed by atoms with van der Waals surface area (Å²) in [6.07, 6.45) is 3.64. The van der Waals surface area contributed by atoms with Crippen molar-refractivity contribution in [1.82, 2.24) is 25.0 Å². The predicted octanol–water partition coefficient (Wildman–Crippen LogP) is 3.52. The summed E-state index contributed by atoms with van der Waals surface area (Å²) in [6.45, 7) is 5.69. The van der Waals surface area contributed by atoms with Crippen LogP contribution in [0.3, 0.4) is 0 Å². The van der Waals surface area contributed by atoms with Crippen molar-refractivity contribution in [2.45, 2.75) is 26.3 Å². The van der Waals surface area contributed by atoms with E-state index in [0.29, 0.717) is 59.8 Å². The van der Waals surface area contributed by atoms with Crippen LogP contribution in [-0.2, 0) is 9.53 Å². The number of aromatic amines is 1. The minimum absolute atomic E-state index is 0.122. The Kier molecular flexibility index (Phi) is 5.51. The zero-order valence-corrected chi connectivity index (χ0v) is 18.4. The topological polar surface area (TPSA) is 101 Å². The summed E-state index contributed by atoms with van der Waals surface area (Å²) in [7, 11) is 0. The molecular weight excluding hydrogens is 425 g/mol. The lowest BCUT2D eigenvalue weighted by Gasteiger charge is -2.34. The third-order valence-electron chi connectivity index (χ3n) is 5.77. The molecule has 0 bridgehead atoms. The fraction of sp³-hybridized carbons (Fsp3) is 0.304. The molecule has 0 unspecified atom stereocenters. The fourth-order valence-electron chi connectivity index (χ4n) is 4.03. The summed E-state index contributed by atoms with van der Waals surface area (Å²) < 4.78 is 22.5. The van der Waals surface area contributed by atoms with Crippen LogP contribution < -0.4 is 10.2 Å². The van der Waals surface area contributed by atoms with Crippen LogP contribution in [0.15, 0.2) is 42.7 Å². The number of hydrogen-bond acceptors (Lipinski definition) is 6. The van der Waals surface area contributed by atoms with Crippen molar-refractivity contribution in [3.63, 3.8) is 0 Å². The number of anilines is 2. The lowest BCUT2D eigenvalue weighted by molar-refractivity contribution is -0.115. The Morgan fingerprint density at radius 3 is 2.91 bits per heavy atom. The molecule has 0 spiro atoms. The maximum absolute atomic E-state index is 15.3. The van der Waals surface area contributed by atoms with Gasteiger partial charge in [0.2, 0.25) is 5.91 Å². The molecule has 5 rings (SSSR count). The Morgan fingerprint density at radius 2 is 2.18 bits per heavy atom. The molecular formula is C23H24FN7O2. The number of nitrogens with one attached hydrogen (secondary N) is 2. The van der Waals surface area contributed by atoms with Gasteiger partial charge in [-0.3, -0.25) is 9.89 Å². The Balaban J connectivity index is 1.67. The highest BCUT2D eigenvalue weighted by Gasteiger charge is 2.24. The van der Waals surface area contributed by atoms with E-state index in [1.54, 1.807) is 42.2 Å². The van der Waals surface area contributed by atoms with E-state index in [1.807, 2.05) is 6.07 Å². The number of rotatable bonds is 5. The molecule has 0 saturated carbocycles. The van der Waals surface area contributed by atoms with E-state index in [-0.39, 0.29) is 11.9 Å². The second-order valence-electron chi connectivity index (χ2n) is 7.98. The number of hydrogen-bond donors (Lipinski definition) is 2. The summed E-state index contributed by atoms with van der Waals surface area (Å²) in [6, 6.07) is 8.53. The van der Waals surface area contributed by atoms with Crippen molar-refractivity contribution >= 4 is 28.4 Å². The third-order valence-corrected chi connectivity index (χ3v) is 5.77. The number of benzene rings is 1. The van der Waals surface area contributed by atoms with E-state index in [2.05, 4.69) is 32.4 Å². The smallest absolute Gasteiger partial charge is 0.224 e. The molecule has 1 aromatic carbocycles. The zero-order valence-electron chi connectivity index (χ0n) is 18.4. The van der Waals surface area contributed by atoms with Gasteiger partial charge in [0.05, 0.1) is 31.6 Å². The molecule has 1 fully saturated rings. The molecule has 1 aliphatic rings. The number of morpholine rings is 1. The Labute approximate surface area is 189 Å². The lowest BCUT2D eigenvalue weighted by Crippen LogP contribution is -2.44. The SMILES string of the molecule is CCC(=O)Nc1ccc(-c2cc(N3CCOC[C@H]3C)nc3c2cnn3-c2ccn[nH]2)c(F)c1. The highest BCUT2D eigenvalue weighted by molar-refractivity contribution is 5.96. The number of ether oxygens (including phenoxy) is 1. The summed E-state index contributed by atoms with van der Waals surface area (Å²) in [5.74, 6) is 0.774. The molecule has 0 radical (unpaired) electrons. The molecule has 0 aliphatic carbocycles. The first-order valence-electron chi connectivity index (χ1n) is 10.9. The van der Waals surface area contributed by atoms with Gasteiger partial charge in [-0.2, -0.15) is 14.9 Å². The average Bonchev–Trinajstić information content (AvgIpc) is 3.49. The number of carbonyl (C=O) groups is 1. The van der Waals surface area contributed by atoms with Crippen LogP contribution in [-0.4, -0.2) is 56.7 Å². The van der Waals surface area contributed by atoms with Crippen molar-refractivity contribution in [2.75, 3.05) is 30.0 Å². The predicted molar refractivity (Wildman–Crippen MR) is 123 cm³/mol. The average molecular weight is 449 g/mol. The van der Waals surface area contributed by atoms with Gasteiger partial charge in [0, 0.05) is 41.2 Å². The van der Waals surface area contributed by atoms with E-state index >= 15 is 4.39 Å². The van der Waals surface area contributed by atoms with Crippen LogP contribution in [0.25, 0.3) is 28.0 Å². The van der Waals surface area contributed by atoms with Gasteiger partial charge in [-0.1, -0.05) is 6.92 Å². The highest BCUT2D eigenvalue weighted by Crippen LogP contribution is 2.35. The third kappa shape index (κ3) is 3.93. The molecule has 2 N–H and O–H groups in total. The number of fused-ring (bicyclic) bond motifs is 1. The quantitative estimate of drug-likeness (QED) is 0.484. The molecule has 170 valence electrons. The van der Waals surface area contributed by atoms with E-state index in [0.717, 1.165) is 5.82 Å². The molecule has 4 heterocycles. The van der Waals surface area contributed by atoms with Gasteiger partial charge < -0.3 is 15.0 Å². The van der Waals surface area contributed by atoms with Gasteiger partial charge in [-0.05, 0) is 31.2 Å². The van der Waals surface area contributed by atoms with Crippen molar-refractivity contribution in [3.05, 3.63) is 48.5 Å². The number of aromatic nitrogens is 5. The number of carbonyl (C=O) groups excluding carboxylic acids is 1. The van der Waals surface area contributed by atoms with Crippen molar-refractivity contribution < 1.29 is 13.9 Å².